The van der Waals surface area contributed by atoms with E-state index < -0.39 is 0 Å². The van der Waals surface area contributed by atoms with Gasteiger partial charge in [0.25, 0.3) is 0 Å². The van der Waals surface area contributed by atoms with Crippen molar-refractivity contribution in [2.24, 2.45) is 0 Å². The SMILES string of the molecule is CCCCCCCCCc1ccc(OCCOCCOCCOCCOCCOCCOCCN(C)C)cc1. The van der Waals surface area contributed by atoms with E-state index in [1.165, 1.54) is 50.5 Å². The minimum Gasteiger partial charge on any atom is -0.491 e. The second-order valence-electron chi connectivity index (χ2n) is 9.84. The van der Waals surface area contributed by atoms with Crippen LogP contribution in [0.1, 0.15) is 57.4 Å². The topological polar surface area (TPSA) is 67.9 Å². The van der Waals surface area contributed by atoms with Gasteiger partial charge < -0.3 is 38.1 Å². The molecule has 0 aliphatic heterocycles. The van der Waals surface area contributed by atoms with Crippen LogP contribution < -0.4 is 4.74 Å². The van der Waals surface area contributed by atoms with Crippen molar-refractivity contribution in [1.82, 2.24) is 4.90 Å². The molecule has 0 aromatic heterocycles. The highest BCUT2D eigenvalue weighted by Crippen LogP contribution is 2.15. The monoisotopic (exact) mass is 555 g/mol. The molecule has 0 unspecified atom stereocenters. The van der Waals surface area contributed by atoms with Crippen molar-refractivity contribution >= 4 is 0 Å². The zero-order chi connectivity index (χ0) is 28.1. The summed E-state index contributed by atoms with van der Waals surface area (Å²) in [5.41, 5.74) is 1.39. The minimum atomic E-state index is 0.538. The number of aryl methyl sites for hydroxylation is 1. The van der Waals surface area contributed by atoms with Gasteiger partial charge >= 0.3 is 0 Å². The number of unbranched alkanes of at least 4 members (excludes halogenated alkanes) is 6. The lowest BCUT2D eigenvalue weighted by Crippen LogP contribution is -2.19. The summed E-state index contributed by atoms with van der Waals surface area (Å²) in [7, 11) is 4.06. The maximum atomic E-state index is 5.77. The number of hydrogen-bond acceptors (Lipinski definition) is 8. The number of nitrogens with zero attached hydrogens (tertiary/aromatic N) is 1. The van der Waals surface area contributed by atoms with Crippen LogP contribution in [0.25, 0.3) is 0 Å². The second kappa shape index (κ2) is 28.3. The fraction of sp³-hybridized carbons (Fsp3) is 0.806. The molecule has 0 saturated heterocycles. The van der Waals surface area contributed by atoms with Crippen molar-refractivity contribution in [3.05, 3.63) is 29.8 Å². The van der Waals surface area contributed by atoms with Crippen LogP contribution in [0.5, 0.6) is 5.75 Å². The number of benzene rings is 1. The van der Waals surface area contributed by atoms with Crippen molar-refractivity contribution < 1.29 is 33.2 Å². The van der Waals surface area contributed by atoms with Gasteiger partial charge in [-0.25, -0.2) is 0 Å². The Kier molecular flexibility index (Phi) is 25.9. The lowest BCUT2D eigenvalue weighted by Gasteiger charge is -2.10. The van der Waals surface area contributed by atoms with Gasteiger partial charge in [-0.2, -0.15) is 0 Å². The molecule has 8 nitrogen and oxygen atoms in total. The van der Waals surface area contributed by atoms with Gasteiger partial charge in [0.2, 0.25) is 0 Å². The molecule has 1 aromatic carbocycles. The Labute approximate surface area is 238 Å². The van der Waals surface area contributed by atoms with Crippen LogP contribution in [0.15, 0.2) is 24.3 Å². The number of rotatable bonds is 30. The van der Waals surface area contributed by atoms with Crippen molar-refractivity contribution in [2.75, 3.05) is 107 Å². The van der Waals surface area contributed by atoms with Crippen LogP contribution in [0.3, 0.4) is 0 Å². The number of likely N-dealkylation sites (N-methyl/N-ethyl adjacent to an activating group) is 1. The maximum Gasteiger partial charge on any atom is 0.119 e. The molecule has 0 fully saturated rings. The largest absolute Gasteiger partial charge is 0.491 e. The Morgan fingerprint density at radius 1 is 0.487 bits per heavy atom. The molecule has 0 bridgehead atoms. The Morgan fingerprint density at radius 2 is 0.897 bits per heavy atom. The van der Waals surface area contributed by atoms with E-state index in [4.69, 9.17) is 33.2 Å². The van der Waals surface area contributed by atoms with Gasteiger partial charge in [-0.1, -0.05) is 57.6 Å². The highest BCUT2D eigenvalue weighted by atomic mass is 16.6. The first-order chi connectivity index (χ1) is 19.2. The van der Waals surface area contributed by atoms with Gasteiger partial charge in [0.1, 0.15) is 12.4 Å². The predicted octanol–water partition coefficient (Wildman–Crippen LogP) is 5.02. The molecular formula is C31H57NO7. The minimum absolute atomic E-state index is 0.538. The van der Waals surface area contributed by atoms with Crippen LogP contribution in [0.4, 0.5) is 0 Å². The van der Waals surface area contributed by atoms with E-state index in [0.29, 0.717) is 79.3 Å². The predicted molar refractivity (Wildman–Crippen MR) is 157 cm³/mol. The number of hydrogen-bond donors (Lipinski definition) is 0. The van der Waals surface area contributed by atoms with E-state index in [1.807, 2.05) is 14.1 Å². The Bertz CT molecular complexity index is 615. The van der Waals surface area contributed by atoms with E-state index in [1.54, 1.807) is 0 Å². The van der Waals surface area contributed by atoms with Crippen LogP contribution in [-0.4, -0.2) is 111 Å². The Morgan fingerprint density at radius 3 is 1.36 bits per heavy atom. The average Bonchev–Trinajstić information content (AvgIpc) is 2.94. The maximum absolute atomic E-state index is 5.77. The van der Waals surface area contributed by atoms with Gasteiger partial charge in [0.15, 0.2) is 0 Å². The molecule has 0 radical (unpaired) electrons. The van der Waals surface area contributed by atoms with Gasteiger partial charge in [0, 0.05) is 6.54 Å². The average molecular weight is 556 g/mol. The smallest absolute Gasteiger partial charge is 0.119 e. The fourth-order valence-electron chi connectivity index (χ4n) is 3.71. The van der Waals surface area contributed by atoms with Gasteiger partial charge in [-0.3, -0.25) is 0 Å². The van der Waals surface area contributed by atoms with E-state index in [-0.39, 0.29) is 0 Å². The highest BCUT2D eigenvalue weighted by Gasteiger charge is 1.99. The van der Waals surface area contributed by atoms with E-state index in [9.17, 15) is 0 Å². The highest BCUT2D eigenvalue weighted by molar-refractivity contribution is 5.27. The third-order valence-electron chi connectivity index (χ3n) is 6.03. The normalized spacial score (nSPS) is 11.5. The molecule has 0 atom stereocenters. The molecule has 0 aliphatic carbocycles. The third kappa shape index (κ3) is 25.5. The zero-order valence-electron chi connectivity index (χ0n) is 25.2. The molecule has 0 spiro atoms. The molecule has 0 N–H and O–H groups in total. The quantitative estimate of drug-likeness (QED) is 0.123. The van der Waals surface area contributed by atoms with Crippen molar-refractivity contribution in [3.8, 4) is 5.75 Å². The summed E-state index contributed by atoms with van der Waals surface area (Å²) in [5.74, 6) is 0.896. The van der Waals surface area contributed by atoms with Crippen molar-refractivity contribution in [3.63, 3.8) is 0 Å². The van der Waals surface area contributed by atoms with Gasteiger partial charge in [-0.15, -0.1) is 0 Å². The second-order valence-corrected chi connectivity index (χ2v) is 9.84. The summed E-state index contributed by atoms with van der Waals surface area (Å²) in [4.78, 5) is 2.09. The van der Waals surface area contributed by atoms with Crippen LogP contribution >= 0.6 is 0 Å². The zero-order valence-corrected chi connectivity index (χ0v) is 25.2. The molecule has 8 heteroatoms. The first-order valence-corrected chi connectivity index (χ1v) is 15.0. The molecule has 1 rings (SSSR count). The van der Waals surface area contributed by atoms with Gasteiger partial charge in [0.05, 0.1) is 79.3 Å². The molecular weight excluding hydrogens is 498 g/mol. The summed E-state index contributed by atoms with van der Waals surface area (Å²) in [6.07, 6.45) is 10.6. The molecule has 228 valence electrons. The first kappa shape index (κ1) is 35.8. The fourth-order valence-corrected chi connectivity index (χ4v) is 3.71. The van der Waals surface area contributed by atoms with E-state index in [2.05, 4.69) is 36.1 Å². The molecule has 0 aliphatic rings. The Balaban J connectivity index is 1.77. The molecule has 0 heterocycles. The van der Waals surface area contributed by atoms with E-state index in [0.717, 1.165) is 25.3 Å². The summed E-state index contributed by atoms with van der Waals surface area (Å²) >= 11 is 0. The third-order valence-corrected chi connectivity index (χ3v) is 6.03. The summed E-state index contributed by atoms with van der Waals surface area (Å²) in [5, 5.41) is 0. The lowest BCUT2D eigenvalue weighted by atomic mass is 10.0. The first-order valence-electron chi connectivity index (χ1n) is 15.0. The van der Waals surface area contributed by atoms with Crippen LogP contribution in [-0.2, 0) is 34.8 Å². The number of ether oxygens (including phenoxy) is 7. The van der Waals surface area contributed by atoms with E-state index >= 15 is 0 Å². The molecule has 0 amide bonds. The summed E-state index contributed by atoms with van der Waals surface area (Å²) in [6.45, 7) is 10.6. The molecule has 0 saturated carbocycles. The van der Waals surface area contributed by atoms with Crippen molar-refractivity contribution in [1.29, 1.82) is 0 Å². The standard InChI is InChI=1S/C31H57NO7/c1-4-5-6-7-8-9-10-11-30-12-14-31(15-13-30)39-29-28-38-27-26-37-25-24-36-23-22-35-21-20-34-19-18-33-17-16-32(2)3/h12-15H,4-11,16-29H2,1-3H3. The Hall–Kier alpha value is -1.26. The van der Waals surface area contributed by atoms with Crippen LogP contribution in [0, 0.1) is 0 Å². The van der Waals surface area contributed by atoms with Crippen molar-refractivity contribution in [2.45, 2.75) is 58.3 Å². The lowest BCUT2D eigenvalue weighted by molar-refractivity contribution is -0.0181. The molecule has 39 heavy (non-hydrogen) atoms. The van der Waals surface area contributed by atoms with Gasteiger partial charge in [-0.05, 0) is 44.6 Å². The van der Waals surface area contributed by atoms with Crippen LogP contribution in [0.2, 0.25) is 0 Å². The summed E-state index contributed by atoms with van der Waals surface area (Å²) < 4.78 is 38.8. The summed E-state index contributed by atoms with van der Waals surface area (Å²) in [6, 6.07) is 8.47. The molecule has 1 aromatic rings.